The Bertz CT molecular complexity index is 252. The van der Waals surface area contributed by atoms with E-state index in [2.05, 4.69) is 24.4 Å². The van der Waals surface area contributed by atoms with E-state index in [1.165, 1.54) is 64.2 Å². The van der Waals surface area contributed by atoms with Crippen molar-refractivity contribution in [2.45, 2.75) is 104 Å². The number of nitrogens with zero attached hydrogens (tertiary/aromatic N) is 1. The molecule has 3 heteroatoms. The lowest BCUT2D eigenvalue weighted by atomic mass is 10.1. The molecule has 0 rings (SSSR count). The smallest absolute Gasteiger partial charge is 0.240 e. The predicted octanol–water partition coefficient (Wildman–Crippen LogP) is 5.59. The van der Waals surface area contributed by atoms with Crippen LogP contribution in [0.1, 0.15) is 104 Å². The van der Waals surface area contributed by atoms with Gasteiger partial charge in [0.25, 0.3) is 0 Å². The van der Waals surface area contributed by atoms with E-state index < -0.39 is 0 Å². The zero-order valence-corrected chi connectivity index (χ0v) is 14.3. The summed E-state index contributed by atoms with van der Waals surface area (Å²) in [6.07, 6.45) is 18.5. The van der Waals surface area contributed by atoms with E-state index in [0.717, 1.165) is 19.3 Å². The van der Waals surface area contributed by atoms with Crippen LogP contribution in [0.2, 0.25) is 0 Å². The molecule has 0 aromatic carbocycles. The van der Waals surface area contributed by atoms with E-state index in [1.54, 1.807) is 0 Å². The summed E-state index contributed by atoms with van der Waals surface area (Å²) in [5, 5.41) is 4.01. The molecule has 124 valence electrons. The number of hydrazone groups is 1. The lowest BCUT2D eigenvalue weighted by Gasteiger charge is -2.01. The molecular formula is C18H36N2O. The van der Waals surface area contributed by atoms with Gasteiger partial charge in [-0.2, -0.15) is 5.10 Å². The van der Waals surface area contributed by atoms with Gasteiger partial charge in [-0.05, 0) is 19.3 Å². The minimum Gasteiger partial charge on any atom is -0.273 e. The highest BCUT2D eigenvalue weighted by molar-refractivity contribution is 5.76. The number of rotatable bonds is 15. The zero-order valence-electron chi connectivity index (χ0n) is 14.3. The Kier molecular flexibility index (Phi) is 16.5. The summed E-state index contributed by atoms with van der Waals surface area (Å²) in [5.41, 5.74) is 2.63. The fourth-order valence-corrected chi connectivity index (χ4v) is 2.32. The van der Waals surface area contributed by atoms with Gasteiger partial charge >= 0.3 is 0 Å². The Labute approximate surface area is 132 Å². The molecule has 0 fully saturated rings. The molecule has 0 spiro atoms. The van der Waals surface area contributed by atoms with Crippen LogP contribution in [0.15, 0.2) is 5.10 Å². The second-order valence-corrected chi connectivity index (χ2v) is 5.92. The number of carbonyl (C=O) groups is 1. The van der Waals surface area contributed by atoms with Crippen LogP contribution < -0.4 is 5.43 Å². The molecule has 0 aliphatic rings. The topological polar surface area (TPSA) is 41.5 Å². The molecule has 0 bridgehead atoms. The van der Waals surface area contributed by atoms with Gasteiger partial charge in [-0.15, -0.1) is 0 Å². The first-order valence-corrected chi connectivity index (χ1v) is 9.11. The van der Waals surface area contributed by atoms with Gasteiger partial charge in [0.05, 0.1) is 0 Å². The lowest BCUT2D eigenvalue weighted by Crippen LogP contribution is -2.16. The van der Waals surface area contributed by atoms with Crippen molar-refractivity contribution in [3.63, 3.8) is 0 Å². The van der Waals surface area contributed by atoms with E-state index in [9.17, 15) is 4.79 Å². The third kappa shape index (κ3) is 17.1. The Hall–Kier alpha value is -0.860. The van der Waals surface area contributed by atoms with Gasteiger partial charge < -0.3 is 0 Å². The molecule has 0 aliphatic heterocycles. The minimum absolute atomic E-state index is 0.0599. The number of hydrogen-bond donors (Lipinski definition) is 1. The lowest BCUT2D eigenvalue weighted by molar-refractivity contribution is -0.121. The second-order valence-electron chi connectivity index (χ2n) is 5.92. The minimum atomic E-state index is 0.0599. The van der Waals surface area contributed by atoms with Gasteiger partial charge in [-0.25, -0.2) is 5.43 Å². The van der Waals surface area contributed by atoms with Gasteiger partial charge in [0.2, 0.25) is 5.91 Å². The molecule has 0 atom stereocenters. The summed E-state index contributed by atoms with van der Waals surface area (Å²) < 4.78 is 0. The Morgan fingerprint density at radius 1 is 0.810 bits per heavy atom. The van der Waals surface area contributed by atoms with Crippen molar-refractivity contribution < 1.29 is 4.79 Å². The molecule has 3 nitrogen and oxygen atoms in total. The quantitative estimate of drug-likeness (QED) is 0.239. The molecular weight excluding hydrogens is 260 g/mol. The molecule has 0 aromatic rings. The maximum atomic E-state index is 11.5. The Morgan fingerprint density at radius 2 is 1.33 bits per heavy atom. The average molecular weight is 296 g/mol. The van der Waals surface area contributed by atoms with E-state index in [-0.39, 0.29) is 5.91 Å². The average Bonchev–Trinajstić information content (AvgIpc) is 2.49. The molecule has 1 amide bonds. The largest absolute Gasteiger partial charge is 0.273 e. The highest BCUT2D eigenvalue weighted by atomic mass is 16.2. The maximum absolute atomic E-state index is 11.5. The highest BCUT2D eigenvalue weighted by Gasteiger charge is 1.98. The first-order chi connectivity index (χ1) is 10.3. The number of hydrogen-bond acceptors (Lipinski definition) is 2. The monoisotopic (exact) mass is 296 g/mol. The molecule has 0 saturated heterocycles. The van der Waals surface area contributed by atoms with Crippen molar-refractivity contribution >= 4 is 12.1 Å². The van der Waals surface area contributed by atoms with Crippen LogP contribution in [-0.2, 0) is 4.79 Å². The summed E-state index contributed by atoms with van der Waals surface area (Å²) in [4.78, 5) is 11.5. The van der Waals surface area contributed by atoms with Crippen molar-refractivity contribution in [3.8, 4) is 0 Å². The second kappa shape index (κ2) is 17.2. The van der Waals surface area contributed by atoms with Gasteiger partial charge in [-0.3, -0.25) is 4.79 Å². The van der Waals surface area contributed by atoms with Crippen LogP contribution in [0.4, 0.5) is 0 Å². The maximum Gasteiger partial charge on any atom is 0.240 e. The van der Waals surface area contributed by atoms with Gasteiger partial charge in [0.15, 0.2) is 0 Å². The SMILES string of the molecule is CCCCCCCC/C=N/NC(=O)CCCCCCCC. The van der Waals surface area contributed by atoms with E-state index >= 15 is 0 Å². The number of carbonyl (C=O) groups excluding carboxylic acids is 1. The predicted molar refractivity (Wildman–Crippen MR) is 92.6 cm³/mol. The van der Waals surface area contributed by atoms with Crippen molar-refractivity contribution in [1.82, 2.24) is 5.43 Å². The van der Waals surface area contributed by atoms with Crippen molar-refractivity contribution in [1.29, 1.82) is 0 Å². The van der Waals surface area contributed by atoms with E-state index in [4.69, 9.17) is 0 Å². The molecule has 1 N–H and O–H groups in total. The van der Waals surface area contributed by atoms with Crippen LogP contribution in [-0.4, -0.2) is 12.1 Å². The van der Waals surface area contributed by atoms with Crippen LogP contribution >= 0.6 is 0 Å². The summed E-state index contributed by atoms with van der Waals surface area (Å²) in [7, 11) is 0. The standard InChI is InChI=1S/C18H36N2O/c1-3-5-7-9-11-13-15-17-19-20-18(21)16-14-12-10-8-6-4-2/h17H,3-16H2,1-2H3,(H,20,21)/b19-17+. The first kappa shape index (κ1) is 20.1. The first-order valence-electron chi connectivity index (χ1n) is 9.11. The summed E-state index contributed by atoms with van der Waals surface area (Å²) >= 11 is 0. The Balaban J connectivity index is 3.26. The molecule has 21 heavy (non-hydrogen) atoms. The molecule has 0 radical (unpaired) electrons. The van der Waals surface area contributed by atoms with Gasteiger partial charge in [0.1, 0.15) is 0 Å². The summed E-state index contributed by atoms with van der Waals surface area (Å²) in [6.45, 7) is 4.46. The summed E-state index contributed by atoms with van der Waals surface area (Å²) in [5.74, 6) is 0.0599. The molecule has 0 aliphatic carbocycles. The molecule has 0 aromatic heterocycles. The molecule has 0 unspecified atom stereocenters. The fraction of sp³-hybridized carbons (Fsp3) is 0.889. The molecule has 0 saturated carbocycles. The van der Waals surface area contributed by atoms with Crippen molar-refractivity contribution in [2.75, 3.05) is 0 Å². The van der Waals surface area contributed by atoms with Crippen molar-refractivity contribution in [2.24, 2.45) is 5.10 Å². The molecule has 0 heterocycles. The van der Waals surface area contributed by atoms with Gasteiger partial charge in [0, 0.05) is 12.6 Å². The van der Waals surface area contributed by atoms with Gasteiger partial charge in [-0.1, -0.05) is 78.1 Å². The number of unbranched alkanes of at least 4 members (excludes halogenated alkanes) is 11. The van der Waals surface area contributed by atoms with Crippen LogP contribution in [0.25, 0.3) is 0 Å². The van der Waals surface area contributed by atoms with Crippen molar-refractivity contribution in [3.05, 3.63) is 0 Å². The van der Waals surface area contributed by atoms with Crippen LogP contribution in [0.3, 0.4) is 0 Å². The number of nitrogens with one attached hydrogen (secondary N) is 1. The highest BCUT2D eigenvalue weighted by Crippen LogP contribution is 2.07. The fourth-order valence-electron chi connectivity index (χ4n) is 2.32. The zero-order chi connectivity index (χ0) is 15.6. The summed E-state index contributed by atoms with van der Waals surface area (Å²) in [6, 6.07) is 0. The van der Waals surface area contributed by atoms with Crippen LogP contribution in [0, 0.1) is 0 Å². The van der Waals surface area contributed by atoms with Crippen LogP contribution in [0.5, 0.6) is 0 Å². The van der Waals surface area contributed by atoms with E-state index in [1.807, 2.05) is 6.21 Å². The number of amides is 1. The third-order valence-corrected chi connectivity index (χ3v) is 3.72. The normalized spacial score (nSPS) is 11.1. The Morgan fingerprint density at radius 3 is 1.95 bits per heavy atom. The third-order valence-electron chi connectivity index (χ3n) is 3.72. The van der Waals surface area contributed by atoms with E-state index in [0.29, 0.717) is 6.42 Å².